The summed E-state index contributed by atoms with van der Waals surface area (Å²) in [6, 6.07) is 7.63. The predicted molar refractivity (Wildman–Crippen MR) is 85.6 cm³/mol. The zero-order chi connectivity index (χ0) is 15.2. The second kappa shape index (κ2) is 7.26. The summed E-state index contributed by atoms with van der Waals surface area (Å²) in [5.41, 5.74) is 2.44. The van der Waals surface area contributed by atoms with Crippen LogP contribution >= 0.6 is 15.9 Å². The molecule has 0 atom stereocenters. The number of ether oxygens (including phenoxy) is 1. The standard InChI is InChI=1S/C15H18BrN3O2/c1-10-15(11(2)19-18-10)17-14(20)4-3-9-21-13-7-5-12(16)6-8-13/h5-8H,3-4,9H2,1-2H3,(H,17,20)(H,18,19). The molecule has 1 aromatic carbocycles. The largest absolute Gasteiger partial charge is 0.494 e. The maximum Gasteiger partial charge on any atom is 0.224 e. The van der Waals surface area contributed by atoms with E-state index in [1.165, 1.54) is 0 Å². The Bertz CT molecular complexity index is 588. The average molecular weight is 352 g/mol. The topological polar surface area (TPSA) is 67.0 Å². The van der Waals surface area contributed by atoms with E-state index in [0.717, 1.165) is 27.3 Å². The Labute approximate surface area is 132 Å². The van der Waals surface area contributed by atoms with E-state index in [9.17, 15) is 4.79 Å². The van der Waals surface area contributed by atoms with Crippen LogP contribution in [0, 0.1) is 13.8 Å². The number of carbonyl (C=O) groups is 1. The lowest BCUT2D eigenvalue weighted by molar-refractivity contribution is -0.116. The van der Waals surface area contributed by atoms with Gasteiger partial charge in [-0.1, -0.05) is 15.9 Å². The van der Waals surface area contributed by atoms with E-state index in [1.807, 2.05) is 38.1 Å². The fraction of sp³-hybridized carbons (Fsp3) is 0.333. The molecule has 0 aliphatic heterocycles. The fourth-order valence-electron chi connectivity index (χ4n) is 1.89. The van der Waals surface area contributed by atoms with Crippen LogP contribution in [0.15, 0.2) is 28.7 Å². The Morgan fingerprint density at radius 3 is 2.67 bits per heavy atom. The second-order valence-corrected chi connectivity index (χ2v) is 5.68. The number of anilines is 1. The number of nitrogens with zero attached hydrogens (tertiary/aromatic N) is 1. The van der Waals surface area contributed by atoms with Crippen LogP contribution in [-0.4, -0.2) is 22.7 Å². The normalized spacial score (nSPS) is 10.4. The van der Waals surface area contributed by atoms with E-state index in [-0.39, 0.29) is 5.91 Å². The SMILES string of the molecule is Cc1n[nH]c(C)c1NC(=O)CCCOc1ccc(Br)cc1. The monoisotopic (exact) mass is 351 g/mol. The molecule has 1 heterocycles. The summed E-state index contributed by atoms with van der Waals surface area (Å²) >= 11 is 3.37. The number of H-pyrrole nitrogens is 1. The van der Waals surface area contributed by atoms with E-state index >= 15 is 0 Å². The number of hydrogen-bond acceptors (Lipinski definition) is 3. The molecular formula is C15H18BrN3O2. The zero-order valence-corrected chi connectivity index (χ0v) is 13.7. The maximum absolute atomic E-state index is 11.9. The number of aromatic amines is 1. The fourth-order valence-corrected chi connectivity index (χ4v) is 2.15. The van der Waals surface area contributed by atoms with Gasteiger partial charge in [-0.2, -0.15) is 5.10 Å². The molecule has 0 fully saturated rings. The van der Waals surface area contributed by atoms with Gasteiger partial charge in [0.25, 0.3) is 0 Å². The number of benzene rings is 1. The lowest BCUT2D eigenvalue weighted by Gasteiger charge is -2.07. The van der Waals surface area contributed by atoms with Crippen LogP contribution in [0.2, 0.25) is 0 Å². The number of aryl methyl sites for hydroxylation is 2. The van der Waals surface area contributed by atoms with Gasteiger partial charge in [0.2, 0.25) is 5.91 Å². The molecule has 6 heteroatoms. The highest BCUT2D eigenvalue weighted by Crippen LogP contribution is 2.17. The van der Waals surface area contributed by atoms with Crippen molar-refractivity contribution in [1.82, 2.24) is 10.2 Å². The van der Waals surface area contributed by atoms with Crippen molar-refractivity contribution < 1.29 is 9.53 Å². The van der Waals surface area contributed by atoms with Crippen molar-refractivity contribution in [2.75, 3.05) is 11.9 Å². The second-order valence-electron chi connectivity index (χ2n) is 4.76. The van der Waals surface area contributed by atoms with E-state index in [0.29, 0.717) is 19.4 Å². The van der Waals surface area contributed by atoms with Crippen molar-refractivity contribution in [3.8, 4) is 5.75 Å². The smallest absolute Gasteiger partial charge is 0.224 e. The number of amides is 1. The van der Waals surface area contributed by atoms with Gasteiger partial charge in [-0.3, -0.25) is 9.89 Å². The van der Waals surface area contributed by atoms with Crippen LogP contribution < -0.4 is 10.1 Å². The molecule has 2 rings (SSSR count). The van der Waals surface area contributed by atoms with Crippen molar-refractivity contribution in [2.45, 2.75) is 26.7 Å². The molecule has 0 bridgehead atoms. The van der Waals surface area contributed by atoms with Gasteiger partial charge in [0, 0.05) is 10.9 Å². The number of rotatable bonds is 6. The van der Waals surface area contributed by atoms with Crippen LogP contribution in [0.4, 0.5) is 5.69 Å². The number of halogens is 1. The van der Waals surface area contributed by atoms with E-state index in [2.05, 4.69) is 31.4 Å². The third kappa shape index (κ3) is 4.60. The summed E-state index contributed by atoms with van der Waals surface area (Å²) in [4.78, 5) is 11.9. The van der Waals surface area contributed by atoms with Gasteiger partial charge in [0.1, 0.15) is 5.75 Å². The molecule has 1 aromatic heterocycles. The molecule has 0 spiro atoms. The summed E-state index contributed by atoms with van der Waals surface area (Å²) in [6.07, 6.45) is 1.08. The Hall–Kier alpha value is -1.82. The van der Waals surface area contributed by atoms with Crippen LogP contribution in [0.5, 0.6) is 5.75 Å². The zero-order valence-electron chi connectivity index (χ0n) is 12.1. The van der Waals surface area contributed by atoms with Crippen molar-refractivity contribution >= 4 is 27.5 Å². The average Bonchev–Trinajstić information content (AvgIpc) is 2.77. The van der Waals surface area contributed by atoms with Gasteiger partial charge >= 0.3 is 0 Å². The quantitative estimate of drug-likeness (QED) is 0.781. The summed E-state index contributed by atoms with van der Waals surface area (Å²) < 4.78 is 6.59. The molecule has 0 unspecified atom stereocenters. The van der Waals surface area contributed by atoms with Crippen LogP contribution in [0.1, 0.15) is 24.2 Å². The summed E-state index contributed by atoms with van der Waals surface area (Å²) in [5.74, 6) is 0.780. The minimum absolute atomic E-state index is 0.0259. The van der Waals surface area contributed by atoms with Gasteiger partial charge < -0.3 is 10.1 Å². The highest BCUT2D eigenvalue weighted by molar-refractivity contribution is 9.10. The van der Waals surface area contributed by atoms with E-state index in [1.54, 1.807) is 0 Å². The molecule has 1 amide bonds. The number of hydrogen-bond donors (Lipinski definition) is 2. The summed E-state index contributed by atoms with van der Waals surface area (Å²) in [6.45, 7) is 4.25. The number of carbonyl (C=O) groups excluding carboxylic acids is 1. The molecule has 2 aromatic rings. The molecule has 5 nitrogen and oxygen atoms in total. The Kier molecular flexibility index (Phi) is 5.38. The minimum Gasteiger partial charge on any atom is -0.494 e. The predicted octanol–water partition coefficient (Wildman–Crippen LogP) is 3.59. The van der Waals surface area contributed by atoms with Gasteiger partial charge in [-0.25, -0.2) is 0 Å². The van der Waals surface area contributed by atoms with E-state index in [4.69, 9.17) is 4.74 Å². The van der Waals surface area contributed by atoms with Gasteiger partial charge in [0.15, 0.2) is 0 Å². The van der Waals surface area contributed by atoms with Gasteiger partial charge in [-0.05, 0) is 44.5 Å². The molecule has 0 aliphatic carbocycles. The first-order chi connectivity index (χ1) is 10.1. The van der Waals surface area contributed by atoms with Gasteiger partial charge in [-0.15, -0.1) is 0 Å². The Balaban J connectivity index is 1.71. The first kappa shape index (κ1) is 15.6. The summed E-state index contributed by atoms with van der Waals surface area (Å²) in [7, 11) is 0. The van der Waals surface area contributed by atoms with Crippen LogP contribution in [0.3, 0.4) is 0 Å². The van der Waals surface area contributed by atoms with Crippen molar-refractivity contribution in [3.63, 3.8) is 0 Å². The number of aromatic nitrogens is 2. The highest BCUT2D eigenvalue weighted by Gasteiger charge is 2.09. The lowest BCUT2D eigenvalue weighted by Crippen LogP contribution is -2.13. The minimum atomic E-state index is -0.0259. The first-order valence-electron chi connectivity index (χ1n) is 6.76. The molecule has 2 N–H and O–H groups in total. The molecule has 0 saturated carbocycles. The third-order valence-electron chi connectivity index (χ3n) is 3.02. The van der Waals surface area contributed by atoms with Gasteiger partial charge in [0.05, 0.1) is 23.7 Å². The lowest BCUT2D eigenvalue weighted by atomic mass is 10.2. The van der Waals surface area contributed by atoms with Crippen molar-refractivity contribution in [1.29, 1.82) is 0 Å². The van der Waals surface area contributed by atoms with Crippen LogP contribution in [-0.2, 0) is 4.79 Å². The first-order valence-corrected chi connectivity index (χ1v) is 7.55. The summed E-state index contributed by atoms with van der Waals surface area (Å²) in [5, 5.41) is 9.76. The van der Waals surface area contributed by atoms with Crippen molar-refractivity contribution in [2.24, 2.45) is 0 Å². The molecular weight excluding hydrogens is 334 g/mol. The molecule has 0 radical (unpaired) electrons. The highest BCUT2D eigenvalue weighted by atomic mass is 79.9. The Morgan fingerprint density at radius 1 is 1.33 bits per heavy atom. The molecule has 0 saturated heterocycles. The molecule has 112 valence electrons. The maximum atomic E-state index is 11.9. The Morgan fingerprint density at radius 2 is 2.05 bits per heavy atom. The van der Waals surface area contributed by atoms with Crippen molar-refractivity contribution in [3.05, 3.63) is 40.1 Å². The molecule has 21 heavy (non-hydrogen) atoms. The van der Waals surface area contributed by atoms with Crippen LogP contribution in [0.25, 0.3) is 0 Å². The molecule has 0 aliphatic rings. The third-order valence-corrected chi connectivity index (χ3v) is 3.55. The number of nitrogens with one attached hydrogen (secondary N) is 2. The van der Waals surface area contributed by atoms with E-state index < -0.39 is 0 Å².